The summed E-state index contributed by atoms with van der Waals surface area (Å²) in [6, 6.07) is 14.8. The van der Waals surface area contributed by atoms with Gasteiger partial charge in [-0.05, 0) is 24.6 Å². The van der Waals surface area contributed by atoms with E-state index >= 15 is 0 Å². The second-order valence-electron chi connectivity index (χ2n) is 7.88. The third-order valence-electron chi connectivity index (χ3n) is 5.32. The number of carbonyl (C=O) groups is 2. The summed E-state index contributed by atoms with van der Waals surface area (Å²) in [5, 5.41) is 0.452. The highest BCUT2D eigenvalue weighted by Crippen LogP contribution is 2.16. The highest BCUT2D eigenvalue weighted by Gasteiger charge is 2.26. The third kappa shape index (κ3) is 6.59. The predicted octanol–water partition coefficient (Wildman–Crippen LogP) is 3.91. The van der Waals surface area contributed by atoms with Crippen LogP contribution >= 0.6 is 23.2 Å². The van der Waals surface area contributed by atoms with E-state index in [0.29, 0.717) is 16.5 Å². The number of halogens is 2. The van der Waals surface area contributed by atoms with Crippen LogP contribution in [0.5, 0.6) is 0 Å². The normalized spacial score (nSPS) is 11.1. The van der Waals surface area contributed by atoms with Crippen molar-refractivity contribution in [3.8, 4) is 0 Å². The molecule has 7 nitrogen and oxygen atoms in total. The monoisotopic (exact) mass is 504 g/mol. The van der Waals surface area contributed by atoms with Crippen LogP contribution in [-0.2, 0) is 27.4 Å². The van der Waals surface area contributed by atoms with E-state index in [4.69, 9.17) is 32.4 Å². The molecule has 1 heterocycles. The first kappa shape index (κ1) is 25.7. The van der Waals surface area contributed by atoms with Crippen LogP contribution in [0.3, 0.4) is 0 Å². The van der Waals surface area contributed by atoms with Crippen molar-refractivity contribution in [2.24, 2.45) is 0 Å². The first-order chi connectivity index (χ1) is 16.3. The lowest BCUT2D eigenvalue weighted by Gasteiger charge is -2.28. The standard InChI is InChI=1S/C25H26Cl2N2O5/c1-17-8-9-21-20(12-17)23(31)19(16-34-21)14-29(13-18-6-4-3-5-7-18)22(30)15-28(10-11-33-2)25(32)24(26)27/h3-9,12,16,24H,10-11,13-15H2,1-2H3. The lowest BCUT2D eigenvalue weighted by Crippen LogP contribution is -2.45. The van der Waals surface area contributed by atoms with Gasteiger partial charge in [-0.25, -0.2) is 0 Å². The largest absolute Gasteiger partial charge is 0.464 e. The maximum absolute atomic E-state index is 13.4. The smallest absolute Gasteiger partial charge is 0.256 e. The number of rotatable bonds is 10. The van der Waals surface area contributed by atoms with Crippen LogP contribution in [0.2, 0.25) is 0 Å². The summed E-state index contributed by atoms with van der Waals surface area (Å²) in [7, 11) is 1.49. The number of benzene rings is 2. The highest BCUT2D eigenvalue weighted by atomic mass is 35.5. The van der Waals surface area contributed by atoms with Crippen molar-refractivity contribution in [1.82, 2.24) is 9.80 Å². The van der Waals surface area contributed by atoms with Gasteiger partial charge in [-0.3, -0.25) is 14.4 Å². The van der Waals surface area contributed by atoms with Gasteiger partial charge in [0.25, 0.3) is 5.91 Å². The molecule has 1 aromatic heterocycles. The molecule has 2 amide bonds. The van der Waals surface area contributed by atoms with Crippen molar-refractivity contribution in [1.29, 1.82) is 0 Å². The summed E-state index contributed by atoms with van der Waals surface area (Å²) in [5.74, 6) is -0.958. The Morgan fingerprint density at radius 3 is 2.47 bits per heavy atom. The fraction of sp³-hybridized carbons (Fsp3) is 0.320. The quantitative estimate of drug-likeness (QED) is 0.391. The number of ether oxygens (including phenoxy) is 1. The Bertz CT molecular complexity index is 1200. The van der Waals surface area contributed by atoms with E-state index < -0.39 is 10.7 Å². The van der Waals surface area contributed by atoms with Gasteiger partial charge in [0.05, 0.1) is 36.9 Å². The van der Waals surface area contributed by atoms with E-state index in [2.05, 4.69) is 0 Å². The van der Waals surface area contributed by atoms with Crippen LogP contribution in [0.25, 0.3) is 11.0 Å². The molecule has 0 saturated carbocycles. The number of nitrogens with zero attached hydrogens (tertiary/aromatic N) is 2. The molecular formula is C25H26Cl2N2O5. The molecule has 0 aliphatic rings. The maximum Gasteiger partial charge on any atom is 0.256 e. The van der Waals surface area contributed by atoms with Crippen molar-refractivity contribution in [2.45, 2.75) is 24.8 Å². The van der Waals surface area contributed by atoms with Crippen molar-refractivity contribution >= 4 is 46.0 Å². The van der Waals surface area contributed by atoms with Crippen molar-refractivity contribution in [3.05, 3.63) is 81.7 Å². The van der Waals surface area contributed by atoms with Gasteiger partial charge in [-0.15, -0.1) is 0 Å². The first-order valence-corrected chi connectivity index (χ1v) is 11.6. The molecule has 0 spiro atoms. The van der Waals surface area contributed by atoms with Gasteiger partial charge in [0.15, 0.2) is 10.3 Å². The van der Waals surface area contributed by atoms with E-state index in [1.807, 2.05) is 43.3 Å². The molecule has 9 heteroatoms. The van der Waals surface area contributed by atoms with Crippen LogP contribution < -0.4 is 5.43 Å². The van der Waals surface area contributed by atoms with Gasteiger partial charge in [-0.1, -0.05) is 65.2 Å². The molecule has 34 heavy (non-hydrogen) atoms. The lowest BCUT2D eigenvalue weighted by molar-refractivity contribution is -0.140. The molecule has 3 aromatic rings. The van der Waals surface area contributed by atoms with Gasteiger partial charge < -0.3 is 19.0 Å². The molecule has 0 radical (unpaired) electrons. The SMILES string of the molecule is COCCN(CC(=O)N(Cc1ccccc1)Cc1coc2ccc(C)cc2c1=O)C(=O)C(Cl)Cl. The number of hydrogen-bond donors (Lipinski definition) is 0. The van der Waals surface area contributed by atoms with Crippen LogP contribution in [0, 0.1) is 6.92 Å². The molecular weight excluding hydrogens is 479 g/mol. The summed E-state index contributed by atoms with van der Waals surface area (Å²) < 4.78 is 10.7. The molecule has 0 N–H and O–H groups in total. The Hall–Kier alpha value is -2.87. The van der Waals surface area contributed by atoms with Crippen LogP contribution in [0.15, 0.2) is 64.0 Å². The first-order valence-electron chi connectivity index (χ1n) is 10.7. The van der Waals surface area contributed by atoms with E-state index in [1.165, 1.54) is 23.2 Å². The predicted molar refractivity (Wildman–Crippen MR) is 132 cm³/mol. The Morgan fingerprint density at radius 2 is 1.79 bits per heavy atom. The molecule has 0 bridgehead atoms. The molecule has 0 fully saturated rings. The number of methoxy groups -OCH3 is 1. The highest BCUT2D eigenvalue weighted by molar-refractivity contribution is 6.53. The number of hydrogen-bond acceptors (Lipinski definition) is 5. The van der Waals surface area contributed by atoms with E-state index in [9.17, 15) is 14.4 Å². The third-order valence-corrected chi connectivity index (χ3v) is 5.69. The molecule has 2 aromatic carbocycles. The van der Waals surface area contributed by atoms with Gasteiger partial charge in [0.1, 0.15) is 5.58 Å². The summed E-state index contributed by atoms with van der Waals surface area (Å²) in [6.07, 6.45) is 1.38. The molecule has 0 saturated heterocycles. The summed E-state index contributed by atoms with van der Waals surface area (Å²) in [6.45, 7) is 2.24. The Kier molecular flexibility index (Phi) is 9.10. The number of fused-ring (bicyclic) bond motifs is 1. The Balaban J connectivity index is 1.91. The van der Waals surface area contributed by atoms with Crippen molar-refractivity contribution in [2.75, 3.05) is 26.8 Å². The molecule has 0 unspecified atom stereocenters. The molecule has 0 aliphatic carbocycles. The Morgan fingerprint density at radius 1 is 1.06 bits per heavy atom. The van der Waals surface area contributed by atoms with Gasteiger partial charge in [0, 0.05) is 20.2 Å². The van der Waals surface area contributed by atoms with E-state index in [-0.39, 0.29) is 44.1 Å². The summed E-state index contributed by atoms with van der Waals surface area (Å²) in [4.78, 5) is 40.4. The van der Waals surface area contributed by atoms with Crippen molar-refractivity contribution < 1.29 is 18.7 Å². The second kappa shape index (κ2) is 12.0. The van der Waals surface area contributed by atoms with E-state index in [0.717, 1.165) is 11.1 Å². The Labute approximate surface area is 207 Å². The molecule has 0 atom stereocenters. The number of carbonyl (C=O) groups excluding carboxylic acids is 2. The van der Waals surface area contributed by atoms with Crippen LogP contribution in [-0.4, -0.2) is 53.3 Å². The number of alkyl halides is 2. The average Bonchev–Trinajstić information content (AvgIpc) is 2.83. The maximum atomic E-state index is 13.4. The molecule has 0 aliphatic heterocycles. The lowest BCUT2D eigenvalue weighted by atomic mass is 10.1. The fourth-order valence-electron chi connectivity index (χ4n) is 3.51. The number of aryl methyl sites for hydroxylation is 1. The zero-order chi connectivity index (χ0) is 24.7. The zero-order valence-electron chi connectivity index (χ0n) is 19.0. The molecule has 3 rings (SSSR count). The minimum atomic E-state index is -1.30. The minimum absolute atomic E-state index is 0.0113. The zero-order valence-corrected chi connectivity index (χ0v) is 20.5. The summed E-state index contributed by atoms with van der Waals surface area (Å²) >= 11 is 11.5. The number of amides is 2. The summed E-state index contributed by atoms with van der Waals surface area (Å²) in [5.41, 5.74) is 2.42. The topological polar surface area (TPSA) is 80.1 Å². The minimum Gasteiger partial charge on any atom is -0.464 e. The fourth-order valence-corrected chi connectivity index (χ4v) is 3.78. The average molecular weight is 505 g/mol. The van der Waals surface area contributed by atoms with Gasteiger partial charge in [-0.2, -0.15) is 0 Å². The second-order valence-corrected chi connectivity index (χ2v) is 8.97. The van der Waals surface area contributed by atoms with Crippen LogP contribution in [0.4, 0.5) is 0 Å². The molecule has 180 valence electrons. The van der Waals surface area contributed by atoms with Crippen molar-refractivity contribution in [3.63, 3.8) is 0 Å². The van der Waals surface area contributed by atoms with Gasteiger partial charge >= 0.3 is 0 Å². The van der Waals surface area contributed by atoms with E-state index in [1.54, 1.807) is 12.1 Å². The van der Waals surface area contributed by atoms with Crippen LogP contribution in [0.1, 0.15) is 16.7 Å². The van der Waals surface area contributed by atoms with Gasteiger partial charge in [0.2, 0.25) is 5.91 Å².